The lowest BCUT2D eigenvalue weighted by molar-refractivity contribution is -0.384. The lowest BCUT2D eigenvalue weighted by Gasteiger charge is -2.11. The van der Waals surface area contributed by atoms with Crippen LogP contribution in [0.3, 0.4) is 0 Å². The highest BCUT2D eigenvalue weighted by Crippen LogP contribution is 2.22. The topological polar surface area (TPSA) is 125 Å². The number of carbonyl (C=O) groups is 1. The van der Waals surface area contributed by atoms with Crippen LogP contribution in [0.2, 0.25) is 0 Å². The summed E-state index contributed by atoms with van der Waals surface area (Å²) in [6, 6.07) is 7.24. The van der Waals surface area contributed by atoms with E-state index in [1.165, 1.54) is 28.9 Å². The van der Waals surface area contributed by atoms with E-state index in [1.807, 2.05) is 10.8 Å². The Morgan fingerprint density at radius 3 is 2.82 bits per heavy atom. The highest BCUT2D eigenvalue weighted by atomic mass is 16.6. The number of aryl methyl sites for hydroxylation is 2. The third kappa shape index (κ3) is 4.11. The molecule has 0 aliphatic carbocycles. The molecule has 0 aliphatic rings. The first-order valence-electron chi connectivity index (χ1n) is 8.56. The van der Waals surface area contributed by atoms with Crippen LogP contribution in [0.4, 0.5) is 5.69 Å². The largest absolute Gasteiger partial charge is 0.350 e. The number of hydrogen-bond donors (Lipinski definition) is 1. The van der Waals surface area contributed by atoms with Crippen molar-refractivity contribution < 1.29 is 9.72 Å². The molecule has 10 heteroatoms. The van der Waals surface area contributed by atoms with Crippen molar-refractivity contribution in [3.8, 4) is 5.69 Å². The van der Waals surface area contributed by atoms with Crippen molar-refractivity contribution in [2.45, 2.75) is 19.9 Å². The molecule has 0 fully saturated rings. The Bertz CT molecular complexity index is 1060. The predicted octanol–water partition coefficient (Wildman–Crippen LogP) is 1.47. The third-order valence-electron chi connectivity index (χ3n) is 4.07. The van der Waals surface area contributed by atoms with Gasteiger partial charge in [-0.15, -0.1) is 0 Å². The summed E-state index contributed by atoms with van der Waals surface area (Å²) in [7, 11) is 0. The fraction of sp³-hybridized carbons (Fsp3) is 0.222. The van der Waals surface area contributed by atoms with Gasteiger partial charge in [-0.05, 0) is 19.4 Å². The fourth-order valence-electron chi connectivity index (χ4n) is 2.71. The van der Waals surface area contributed by atoms with Gasteiger partial charge in [-0.1, -0.05) is 12.1 Å². The Kier molecular flexibility index (Phi) is 5.58. The molecule has 0 bridgehead atoms. The fourth-order valence-corrected chi connectivity index (χ4v) is 2.71. The monoisotopic (exact) mass is 382 g/mol. The molecule has 0 aliphatic heterocycles. The summed E-state index contributed by atoms with van der Waals surface area (Å²) in [6.45, 7) is 2.61. The minimum Gasteiger partial charge on any atom is -0.350 e. The number of nitro groups is 1. The molecule has 0 spiro atoms. The molecular weight excluding hydrogens is 364 g/mol. The lowest BCUT2D eigenvalue weighted by atomic mass is 10.2. The molecule has 3 aromatic rings. The minimum absolute atomic E-state index is 0.173. The van der Waals surface area contributed by atoms with Crippen LogP contribution < -0.4 is 10.7 Å². The minimum atomic E-state index is -0.622. The number of nitrogens with zero attached hydrogens (tertiary/aromatic N) is 5. The summed E-state index contributed by atoms with van der Waals surface area (Å²) in [5.41, 5.74) is -0.464. The van der Waals surface area contributed by atoms with Crippen LogP contribution in [0, 0.1) is 17.0 Å². The van der Waals surface area contributed by atoms with Crippen molar-refractivity contribution in [2.75, 3.05) is 6.54 Å². The van der Waals surface area contributed by atoms with E-state index in [4.69, 9.17) is 0 Å². The van der Waals surface area contributed by atoms with E-state index in [9.17, 15) is 19.7 Å². The Morgan fingerprint density at radius 2 is 2.11 bits per heavy atom. The summed E-state index contributed by atoms with van der Waals surface area (Å²) in [6.07, 6.45) is 5.80. The van der Waals surface area contributed by atoms with Crippen LogP contribution in [0.5, 0.6) is 0 Å². The molecule has 10 nitrogen and oxygen atoms in total. The number of para-hydroxylation sites is 2. The van der Waals surface area contributed by atoms with Gasteiger partial charge in [0.1, 0.15) is 5.69 Å². The maximum atomic E-state index is 12.4. The van der Waals surface area contributed by atoms with E-state index < -0.39 is 16.3 Å². The molecule has 2 heterocycles. The number of benzene rings is 1. The zero-order chi connectivity index (χ0) is 20.1. The number of nitro benzene ring substituents is 1. The Morgan fingerprint density at radius 1 is 1.32 bits per heavy atom. The first-order chi connectivity index (χ1) is 13.5. The molecule has 1 N–H and O–H groups in total. The molecule has 144 valence electrons. The lowest BCUT2D eigenvalue weighted by Crippen LogP contribution is -2.32. The van der Waals surface area contributed by atoms with Crippen LogP contribution in [0.1, 0.15) is 22.6 Å². The second-order valence-corrected chi connectivity index (χ2v) is 6.07. The maximum Gasteiger partial charge on any atom is 0.294 e. The van der Waals surface area contributed by atoms with Crippen molar-refractivity contribution in [1.82, 2.24) is 24.6 Å². The Labute approximate surface area is 159 Å². The average Bonchev–Trinajstić information content (AvgIpc) is 3.18. The molecule has 1 aromatic carbocycles. The molecule has 28 heavy (non-hydrogen) atoms. The van der Waals surface area contributed by atoms with Gasteiger partial charge in [0.25, 0.3) is 11.6 Å². The first kappa shape index (κ1) is 19.0. The van der Waals surface area contributed by atoms with Crippen LogP contribution in [0.25, 0.3) is 5.69 Å². The van der Waals surface area contributed by atoms with Crippen LogP contribution in [0.15, 0.2) is 53.8 Å². The van der Waals surface area contributed by atoms with Crippen molar-refractivity contribution in [1.29, 1.82) is 0 Å². The molecule has 0 atom stereocenters. The van der Waals surface area contributed by atoms with Gasteiger partial charge in [0.15, 0.2) is 5.69 Å². The molecule has 1 amide bonds. The van der Waals surface area contributed by atoms with Crippen molar-refractivity contribution in [2.24, 2.45) is 0 Å². The summed E-state index contributed by atoms with van der Waals surface area (Å²) in [5, 5.41) is 18.0. The number of rotatable bonds is 7. The predicted molar refractivity (Wildman–Crippen MR) is 100 cm³/mol. The molecule has 0 unspecified atom stereocenters. The number of imidazole rings is 1. The summed E-state index contributed by atoms with van der Waals surface area (Å²) in [4.78, 5) is 39.3. The molecule has 0 saturated heterocycles. The highest BCUT2D eigenvalue weighted by molar-refractivity contribution is 5.92. The van der Waals surface area contributed by atoms with Crippen molar-refractivity contribution >= 4 is 11.6 Å². The van der Waals surface area contributed by atoms with Crippen LogP contribution in [-0.4, -0.2) is 36.7 Å². The van der Waals surface area contributed by atoms with Gasteiger partial charge in [0, 0.05) is 43.3 Å². The van der Waals surface area contributed by atoms with Gasteiger partial charge in [-0.3, -0.25) is 19.7 Å². The second-order valence-electron chi connectivity index (χ2n) is 6.07. The summed E-state index contributed by atoms with van der Waals surface area (Å²) in [5.74, 6) is -0.622. The second kappa shape index (κ2) is 8.25. The maximum absolute atomic E-state index is 12.4. The molecule has 0 radical (unpaired) electrons. The number of hydrogen-bond acceptors (Lipinski definition) is 6. The number of nitrogens with one attached hydrogen (secondary N) is 1. The molecule has 0 saturated carbocycles. The van der Waals surface area contributed by atoms with Gasteiger partial charge in [0.2, 0.25) is 5.43 Å². The van der Waals surface area contributed by atoms with E-state index in [-0.39, 0.29) is 17.1 Å². The van der Waals surface area contributed by atoms with E-state index in [0.29, 0.717) is 25.2 Å². The zero-order valence-corrected chi connectivity index (χ0v) is 15.1. The van der Waals surface area contributed by atoms with Gasteiger partial charge < -0.3 is 9.88 Å². The number of carbonyl (C=O) groups excluding carboxylic acids is 1. The summed E-state index contributed by atoms with van der Waals surface area (Å²) < 4.78 is 3.11. The van der Waals surface area contributed by atoms with Crippen LogP contribution in [-0.2, 0) is 6.54 Å². The highest BCUT2D eigenvalue weighted by Gasteiger charge is 2.19. The van der Waals surface area contributed by atoms with Crippen molar-refractivity contribution in [3.05, 3.63) is 80.8 Å². The van der Waals surface area contributed by atoms with E-state index in [2.05, 4.69) is 15.4 Å². The number of aromatic nitrogens is 4. The Balaban J connectivity index is 1.80. The van der Waals surface area contributed by atoms with Gasteiger partial charge >= 0.3 is 0 Å². The quantitative estimate of drug-likeness (QED) is 0.375. The smallest absolute Gasteiger partial charge is 0.294 e. The van der Waals surface area contributed by atoms with E-state index in [1.54, 1.807) is 25.5 Å². The molecule has 2 aromatic heterocycles. The average molecular weight is 382 g/mol. The number of amides is 1. The van der Waals surface area contributed by atoms with Gasteiger partial charge in [-0.25, -0.2) is 9.67 Å². The van der Waals surface area contributed by atoms with E-state index >= 15 is 0 Å². The van der Waals surface area contributed by atoms with Gasteiger partial charge in [0.05, 0.1) is 11.3 Å². The Hall–Kier alpha value is -3.82. The van der Waals surface area contributed by atoms with Crippen molar-refractivity contribution in [3.63, 3.8) is 0 Å². The molecule has 3 rings (SSSR count). The normalized spacial score (nSPS) is 10.6. The summed E-state index contributed by atoms with van der Waals surface area (Å²) >= 11 is 0. The first-order valence-corrected chi connectivity index (χ1v) is 8.56. The standard InChI is InChI=1S/C18H18N6O4/c1-13-11-16(25)17(18(26)20-7-4-9-22-10-8-19-12-22)21-23(13)14-5-2-3-6-15(14)24(27)28/h2-3,5-6,8,10-12H,4,7,9H2,1H3,(H,20,26). The van der Waals surface area contributed by atoms with Gasteiger partial charge in [-0.2, -0.15) is 5.10 Å². The third-order valence-corrected chi connectivity index (χ3v) is 4.07. The SMILES string of the molecule is Cc1cc(=O)c(C(=O)NCCCn2ccnc2)nn1-c1ccccc1[N+](=O)[O-]. The molecular formula is C18H18N6O4. The van der Waals surface area contributed by atoms with E-state index in [0.717, 1.165) is 0 Å². The zero-order valence-electron chi connectivity index (χ0n) is 15.1. The van der Waals surface area contributed by atoms with Crippen LogP contribution >= 0.6 is 0 Å².